The predicted octanol–water partition coefficient (Wildman–Crippen LogP) is 4.53. The summed E-state index contributed by atoms with van der Waals surface area (Å²) in [5.41, 5.74) is 3.18. The minimum atomic E-state index is -0.629. The number of rotatable bonds is 4. The van der Waals surface area contributed by atoms with Gasteiger partial charge in [0.2, 0.25) is 0 Å². The molecule has 0 fully saturated rings. The number of halogens is 1. The number of hydrogen-bond acceptors (Lipinski definition) is 4. The maximum absolute atomic E-state index is 13.6. The van der Waals surface area contributed by atoms with Gasteiger partial charge in [0.15, 0.2) is 4.80 Å². The zero-order valence-corrected chi connectivity index (χ0v) is 19.8. The number of allylic oxidation sites excluding steroid dienone is 1. The third kappa shape index (κ3) is 4.25. The third-order valence-corrected chi connectivity index (χ3v) is 6.82. The quantitative estimate of drug-likeness (QED) is 0.461. The summed E-state index contributed by atoms with van der Waals surface area (Å²) in [6.45, 7) is 1.80. The highest BCUT2D eigenvalue weighted by molar-refractivity contribution is 7.07. The third-order valence-electron chi connectivity index (χ3n) is 5.58. The van der Waals surface area contributed by atoms with Gasteiger partial charge >= 0.3 is 0 Å². The van der Waals surface area contributed by atoms with Crippen LogP contribution in [-0.2, 0) is 4.79 Å². The van der Waals surface area contributed by atoms with E-state index in [4.69, 9.17) is 11.6 Å². The van der Waals surface area contributed by atoms with Crippen molar-refractivity contribution in [3.63, 3.8) is 0 Å². The summed E-state index contributed by atoms with van der Waals surface area (Å²) in [6.07, 6.45) is 1.85. The Kier molecular flexibility index (Phi) is 6.01. The fourth-order valence-electron chi connectivity index (χ4n) is 3.99. The highest BCUT2D eigenvalue weighted by Crippen LogP contribution is 2.31. The van der Waals surface area contributed by atoms with Crippen LogP contribution in [0.25, 0.3) is 6.08 Å². The number of hydrogen-bond donors (Lipinski definition) is 1. The Morgan fingerprint density at radius 3 is 2.32 bits per heavy atom. The van der Waals surface area contributed by atoms with Gasteiger partial charge in [-0.3, -0.25) is 14.2 Å². The molecule has 2 heterocycles. The van der Waals surface area contributed by atoms with Crippen molar-refractivity contribution in [3.8, 4) is 0 Å². The molecule has 0 saturated heterocycles. The first-order chi connectivity index (χ1) is 16.5. The molecule has 1 amide bonds. The summed E-state index contributed by atoms with van der Waals surface area (Å²) in [5.74, 6) is -0.301. The van der Waals surface area contributed by atoms with Crippen LogP contribution in [0.4, 0.5) is 5.69 Å². The summed E-state index contributed by atoms with van der Waals surface area (Å²) in [5, 5.41) is 3.53. The largest absolute Gasteiger partial charge is 0.322 e. The number of fused-ring (bicyclic) bond motifs is 1. The molecule has 3 aromatic carbocycles. The minimum absolute atomic E-state index is 0.190. The number of amides is 1. The molecule has 1 aliphatic rings. The Morgan fingerprint density at radius 1 is 1.00 bits per heavy atom. The van der Waals surface area contributed by atoms with E-state index in [2.05, 4.69) is 10.3 Å². The summed E-state index contributed by atoms with van der Waals surface area (Å²) < 4.78 is 2.16. The molecule has 0 saturated carbocycles. The first-order valence-corrected chi connectivity index (χ1v) is 11.9. The molecule has 4 aromatic rings. The van der Waals surface area contributed by atoms with Gasteiger partial charge in [-0.1, -0.05) is 83.6 Å². The van der Waals surface area contributed by atoms with Gasteiger partial charge in [0.1, 0.15) is 0 Å². The Bertz CT molecular complexity index is 1570. The topological polar surface area (TPSA) is 63.5 Å². The van der Waals surface area contributed by atoms with Gasteiger partial charge in [-0.2, -0.15) is 0 Å². The van der Waals surface area contributed by atoms with Gasteiger partial charge in [-0.25, -0.2) is 4.99 Å². The van der Waals surface area contributed by atoms with E-state index in [9.17, 15) is 9.59 Å². The van der Waals surface area contributed by atoms with E-state index in [0.29, 0.717) is 31.3 Å². The maximum Gasteiger partial charge on any atom is 0.271 e. The summed E-state index contributed by atoms with van der Waals surface area (Å²) in [6, 6.07) is 25.5. The molecule has 1 aliphatic heterocycles. The zero-order chi connectivity index (χ0) is 23.7. The SMILES string of the molecule is CC1=C(C(=O)Nc2ccccc2)[C@H](c2ccc(Cl)cc2)n2c(s/c(=C\c3ccccc3)c2=O)=N1. The highest BCUT2D eigenvalue weighted by atomic mass is 35.5. The molecular formula is C27H20ClN3O2S. The lowest BCUT2D eigenvalue weighted by Crippen LogP contribution is -2.40. The van der Waals surface area contributed by atoms with Crippen molar-refractivity contribution >= 4 is 40.6 Å². The van der Waals surface area contributed by atoms with Crippen LogP contribution in [0.3, 0.4) is 0 Å². The second kappa shape index (κ2) is 9.25. The summed E-state index contributed by atoms with van der Waals surface area (Å²) >= 11 is 7.45. The molecule has 0 aliphatic carbocycles. The van der Waals surface area contributed by atoms with Crippen molar-refractivity contribution in [1.29, 1.82) is 0 Å². The van der Waals surface area contributed by atoms with Crippen molar-refractivity contribution in [2.24, 2.45) is 4.99 Å². The fourth-order valence-corrected chi connectivity index (χ4v) is 5.17. The molecule has 7 heteroatoms. The smallest absolute Gasteiger partial charge is 0.271 e. The van der Waals surface area contributed by atoms with Gasteiger partial charge in [-0.05, 0) is 48.4 Å². The summed E-state index contributed by atoms with van der Waals surface area (Å²) in [7, 11) is 0. The van der Waals surface area contributed by atoms with Crippen molar-refractivity contribution in [2.75, 3.05) is 5.32 Å². The van der Waals surface area contributed by atoms with Crippen molar-refractivity contribution in [2.45, 2.75) is 13.0 Å². The number of nitrogens with one attached hydrogen (secondary N) is 1. The molecular weight excluding hydrogens is 466 g/mol. The van der Waals surface area contributed by atoms with Crippen LogP contribution in [-0.4, -0.2) is 10.5 Å². The van der Waals surface area contributed by atoms with Crippen molar-refractivity contribution < 1.29 is 4.79 Å². The van der Waals surface area contributed by atoms with Gasteiger partial charge in [0.05, 0.1) is 21.8 Å². The molecule has 0 radical (unpaired) electrons. The van der Waals surface area contributed by atoms with Crippen LogP contribution >= 0.6 is 22.9 Å². The summed E-state index contributed by atoms with van der Waals surface area (Å²) in [4.78, 5) is 32.3. The lowest BCUT2D eigenvalue weighted by atomic mass is 9.95. The Balaban J connectivity index is 1.68. The normalized spacial score (nSPS) is 15.6. The molecule has 0 bridgehead atoms. The number of benzene rings is 3. The van der Waals surface area contributed by atoms with Crippen LogP contribution < -0.4 is 20.2 Å². The van der Waals surface area contributed by atoms with Crippen molar-refractivity contribution in [1.82, 2.24) is 4.57 Å². The van der Waals surface area contributed by atoms with E-state index >= 15 is 0 Å². The average molecular weight is 486 g/mol. The van der Waals surface area contributed by atoms with E-state index in [-0.39, 0.29) is 11.5 Å². The molecule has 0 spiro atoms. The number of aromatic nitrogens is 1. The Hall–Kier alpha value is -3.74. The zero-order valence-electron chi connectivity index (χ0n) is 18.2. The minimum Gasteiger partial charge on any atom is -0.322 e. The number of thiazole rings is 1. The maximum atomic E-state index is 13.6. The first kappa shape index (κ1) is 22.1. The Labute approximate surface area is 205 Å². The van der Waals surface area contributed by atoms with Gasteiger partial charge < -0.3 is 5.32 Å². The van der Waals surface area contributed by atoms with Crippen LogP contribution in [0.1, 0.15) is 24.1 Å². The van der Waals surface area contributed by atoms with Gasteiger partial charge in [0.25, 0.3) is 11.5 Å². The van der Waals surface area contributed by atoms with Gasteiger partial charge in [0, 0.05) is 10.7 Å². The van der Waals surface area contributed by atoms with E-state index in [1.54, 1.807) is 23.6 Å². The second-order valence-corrected chi connectivity index (χ2v) is 9.31. The predicted molar refractivity (Wildman–Crippen MR) is 137 cm³/mol. The van der Waals surface area contributed by atoms with E-state index < -0.39 is 6.04 Å². The van der Waals surface area contributed by atoms with E-state index in [1.807, 2.05) is 78.9 Å². The average Bonchev–Trinajstić information content (AvgIpc) is 3.14. The lowest BCUT2D eigenvalue weighted by molar-refractivity contribution is -0.113. The van der Waals surface area contributed by atoms with Crippen molar-refractivity contribution in [3.05, 3.63) is 132 Å². The highest BCUT2D eigenvalue weighted by Gasteiger charge is 2.32. The molecule has 1 atom stereocenters. The lowest BCUT2D eigenvalue weighted by Gasteiger charge is -2.25. The Morgan fingerprint density at radius 2 is 1.65 bits per heavy atom. The molecule has 1 aromatic heterocycles. The number of para-hydroxylation sites is 1. The van der Waals surface area contributed by atoms with Crippen LogP contribution in [0.15, 0.2) is 106 Å². The molecule has 5 nitrogen and oxygen atoms in total. The van der Waals surface area contributed by atoms with Gasteiger partial charge in [-0.15, -0.1) is 0 Å². The van der Waals surface area contributed by atoms with Crippen LogP contribution in [0.5, 0.6) is 0 Å². The number of nitrogens with zero attached hydrogens (tertiary/aromatic N) is 2. The standard InChI is InChI=1S/C27H20ClN3O2S/c1-17-23(25(32)30-21-10-6-3-7-11-21)24(19-12-14-20(28)15-13-19)31-26(33)22(34-27(31)29-17)16-18-8-4-2-5-9-18/h2-16,24H,1H3,(H,30,32)/b22-16-/t24-/m0/s1. The van der Waals surface area contributed by atoms with Crippen LogP contribution in [0.2, 0.25) is 5.02 Å². The molecule has 5 rings (SSSR count). The first-order valence-electron chi connectivity index (χ1n) is 10.7. The number of carbonyl (C=O) groups excluding carboxylic acids is 1. The molecule has 34 heavy (non-hydrogen) atoms. The number of anilines is 1. The molecule has 0 unspecified atom stereocenters. The fraction of sp³-hybridized carbons (Fsp3) is 0.0741. The number of carbonyl (C=O) groups is 1. The van der Waals surface area contributed by atoms with E-state index in [0.717, 1.165) is 11.1 Å². The molecule has 168 valence electrons. The molecule has 1 N–H and O–H groups in total. The monoisotopic (exact) mass is 485 g/mol. The van der Waals surface area contributed by atoms with Crippen LogP contribution in [0, 0.1) is 0 Å². The van der Waals surface area contributed by atoms with E-state index in [1.165, 1.54) is 11.3 Å². The second-order valence-electron chi connectivity index (χ2n) is 7.86.